The smallest absolute Gasteiger partial charge is 0.214 e. The van der Waals surface area contributed by atoms with E-state index in [1.165, 1.54) is 4.31 Å². The average Bonchev–Trinajstić information content (AvgIpc) is 2.20. The molecule has 5 nitrogen and oxygen atoms in total. The second-order valence-electron chi connectivity index (χ2n) is 4.95. The van der Waals surface area contributed by atoms with E-state index in [1.54, 1.807) is 0 Å². The van der Waals surface area contributed by atoms with E-state index in [4.69, 9.17) is 5.11 Å². The molecular weight excluding hydrogens is 240 g/mol. The third kappa shape index (κ3) is 7.70. The van der Waals surface area contributed by atoms with E-state index < -0.39 is 10.0 Å². The first-order valence-corrected chi connectivity index (χ1v) is 7.64. The van der Waals surface area contributed by atoms with Crippen LogP contribution in [0.4, 0.5) is 0 Å². The number of nitrogens with zero attached hydrogens (tertiary/aromatic N) is 2. The maximum atomic E-state index is 12.0. The first-order valence-electron chi connectivity index (χ1n) is 6.03. The highest BCUT2D eigenvalue weighted by atomic mass is 32.2. The molecule has 17 heavy (non-hydrogen) atoms. The summed E-state index contributed by atoms with van der Waals surface area (Å²) in [7, 11) is 0.620. The maximum Gasteiger partial charge on any atom is 0.214 e. The lowest BCUT2D eigenvalue weighted by molar-refractivity contribution is 0.290. The van der Waals surface area contributed by atoms with Gasteiger partial charge in [-0.2, -0.15) is 0 Å². The molecule has 104 valence electrons. The van der Waals surface area contributed by atoms with E-state index in [0.29, 0.717) is 32.0 Å². The van der Waals surface area contributed by atoms with Gasteiger partial charge in [0.05, 0.1) is 5.75 Å². The van der Waals surface area contributed by atoms with E-state index in [1.807, 2.05) is 32.8 Å². The molecule has 0 saturated carbocycles. The summed E-state index contributed by atoms with van der Waals surface area (Å²) in [6.07, 6.45) is 0.304. The summed E-state index contributed by atoms with van der Waals surface area (Å²) >= 11 is 0. The van der Waals surface area contributed by atoms with Crippen LogP contribution in [-0.4, -0.2) is 68.8 Å². The van der Waals surface area contributed by atoms with Crippen LogP contribution in [0.1, 0.15) is 20.3 Å². The van der Waals surface area contributed by atoms with Crippen LogP contribution in [0.25, 0.3) is 0 Å². The molecule has 0 heterocycles. The number of aliphatic hydroxyl groups is 1. The van der Waals surface area contributed by atoms with E-state index in [9.17, 15) is 8.42 Å². The SMILES string of the molecule is CC(C)CN(CCN(C)C)S(=O)(=O)CCCO. The van der Waals surface area contributed by atoms with Gasteiger partial charge in [-0.3, -0.25) is 0 Å². The molecule has 0 aromatic heterocycles. The van der Waals surface area contributed by atoms with Gasteiger partial charge < -0.3 is 10.0 Å². The zero-order valence-electron chi connectivity index (χ0n) is 11.4. The number of sulfonamides is 1. The Kier molecular flexibility index (Phi) is 7.94. The van der Waals surface area contributed by atoms with Crippen molar-refractivity contribution in [1.82, 2.24) is 9.21 Å². The third-order valence-electron chi connectivity index (χ3n) is 2.32. The predicted octanol–water partition coefficient (Wildman–Crippen LogP) is 0.218. The Bertz CT molecular complexity index is 289. The van der Waals surface area contributed by atoms with Gasteiger partial charge in [0, 0.05) is 26.2 Å². The van der Waals surface area contributed by atoms with Crippen molar-refractivity contribution in [3.63, 3.8) is 0 Å². The van der Waals surface area contributed by atoms with Gasteiger partial charge in [-0.1, -0.05) is 13.8 Å². The number of rotatable bonds is 9. The summed E-state index contributed by atoms with van der Waals surface area (Å²) in [5.74, 6) is 0.338. The summed E-state index contributed by atoms with van der Waals surface area (Å²) in [4.78, 5) is 1.97. The molecule has 0 fully saturated rings. The van der Waals surface area contributed by atoms with Gasteiger partial charge in [0.15, 0.2) is 0 Å². The van der Waals surface area contributed by atoms with Crippen molar-refractivity contribution < 1.29 is 13.5 Å². The van der Waals surface area contributed by atoms with Gasteiger partial charge >= 0.3 is 0 Å². The topological polar surface area (TPSA) is 60.9 Å². The molecule has 0 atom stereocenters. The van der Waals surface area contributed by atoms with E-state index >= 15 is 0 Å². The van der Waals surface area contributed by atoms with Gasteiger partial charge in [-0.25, -0.2) is 12.7 Å². The number of aliphatic hydroxyl groups excluding tert-OH is 1. The van der Waals surface area contributed by atoms with Crippen LogP contribution in [0.3, 0.4) is 0 Å². The van der Waals surface area contributed by atoms with Crippen molar-refractivity contribution in [3.05, 3.63) is 0 Å². The number of hydrogen-bond acceptors (Lipinski definition) is 4. The van der Waals surface area contributed by atoms with Crippen LogP contribution in [0.2, 0.25) is 0 Å². The highest BCUT2D eigenvalue weighted by Crippen LogP contribution is 2.07. The van der Waals surface area contributed by atoms with Gasteiger partial charge in [0.25, 0.3) is 0 Å². The highest BCUT2D eigenvalue weighted by Gasteiger charge is 2.22. The van der Waals surface area contributed by atoms with Crippen LogP contribution < -0.4 is 0 Å². The van der Waals surface area contributed by atoms with Crippen LogP contribution in [0.5, 0.6) is 0 Å². The summed E-state index contributed by atoms with van der Waals surface area (Å²) in [5, 5.41) is 8.72. The summed E-state index contributed by atoms with van der Waals surface area (Å²) < 4.78 is 25.6. The molecule has 6 heteroatoms. The fourth-order valence-electron chi connectivity index (χ4n) is 1.44. The molecule has 0 aromatic carbocycles. The van der Waals surface area contributed by atoms with Crippen molar-refractivity contribution in [2.75, 3.05) is 46.1 Å². The van der Waals surface area contributed by atoms with Crippen LogP contribution in [0, 0.1) is 5.92 Å². The largest absolute Gasteiger partial charge is 0.396 e. The minimum atomic E-state index is -3.23. The van der Waals surface area contributed by atoms with E-state index in [2.05, 4.69) is 0 Å². The van der Waals surface area contributed by atoms with Crippen LogP contribution >= 0.6 is 0 Å². The van der Waals surface area contributed by atoms with Gasteiger partial charge in [-0.05, 0) is 26.4 Å². The summed E-state index contributed by atoms with van der Waals surface area (Å²) in [6.45, 7) is 5.70. The Morgan fingerprint density at radius 3 is 2.18 bits per heavy atom. The lowest BCUT2D eigenvalue weighted by Gasteiger charge is -2.25. The monoisotopic (exact) mass is 266 g/mol. The molecule has 0 spiro atoms. The van der Waals surface area contributed by atoms with Crippen molar-refractivity contribution >= 4 is 10.0 Å². The number of likely N-dealkylation sites (N-methyl/N-ethyl adjacent to an activating group) is 1. The van der Waals surface area contributed by atoms with E-state index in [-0.39, 0.29) is 12.4 Å². The first kappa shape index (κ1) is 16.8. The van der Waals surface area contributed by atoms with E-state index in [0.717, 1.165) is 0 Å². The minimum absolute atomic E-state index is 0.0314. The molecule has 0 aliphatic carbocycles. The molecule has 0 aliphatic rings. The normalized spacial score (nSPS) is 12.9. The van der Waals surface area contributed by atoms with Crippen molar-refractivity contribution in [3.8, 4) is 0 Å². The molecule has 0 amide bonds. The second kappa shape index (κ2) is 8.02. The quantitative estimate of drug-likeness (QED) is 0.648. The molecular formula is C11H26N2O3S. The molecule has 0 aliphatic heterocycles. The Morgan fingerprint density at radius 1 is 1.18 bits per heavy atom. The Morgan fingerprint density at radius 2 is 1.76 bits per heavy atom. The van der Waals surface area contributed by atoms with Crippen molar-refractivity contribution in [2.24, 2.45) is 5.92 Å². The van der Waals surface area contributed by atoms with Crippen molar-refractivity contribution in [1.29, 1.82) is 0 Å². The zero-order chi connectivity index (χ0) is 13.5. The Hall–Kier alpha value is -0.170. The minimum Gasteiger partial charge on any atom is -0.396 e. The van der Waals surface area contributed by atoms with Gasteiger partial charge in [-0.15, -0.1) is 0 Å². The summed E-state index contributed by atoms with van der Waals surface area (Å²) in [5.41, 5.74) is 0. The molecule has 0 aromatic rings. The lowest BCUT2D eigenvalue weighted by Crippen LogP contribution is -2.40. The van der Waals surface area contributed by atoms with Crippen molar-refractivity contribution in [2.45, 2.75) is 20.3 Å². The third-order valence-corrected chi connectivity index (χ3v) is 4.24. The fourth-order valence-corrected chi connectivity index (χ4v) is 3.08. The Labute approximate surface area is 105 Å². The van der Waals surface area contributed by atoms with Crippen LogP contribution in [-0.2, 0) is 10.0 Å². The summed E-state index contributed by atoms with van der Waals surface area (Å²) in [6, 6.07) is 0. The molecule has 0 bridgehead atoms. The second-order valence-corrected chi connectivity index (χ2v) is 7.04. The maximum absolute atomic E-state index is 12.0. The predicted molar refractivity (Wildman–Crippen MR) is 70.5 cm³/mol. The van der Waals surface area contributed by atoms with Gasteiger partial charge in [0.2, 0.25) is 10.0 Å². The average molecular weight is 266 g/mol. The van der Waals surface area contributed by atoms with Gasteiger partial charge in [0.1, 0.15) is 0 Å². The molecule has 0 unspecified atom stereocenters. The standard InChI is InChI=1S/C11H26N2O3S/c1-11(2)10-13(7-6-12(3)4)17(15,16)9-5-8-14/h11,14H,5-10H2,1-4H3. The lowest BCUT2D eigenvalue weighted by atomic mass is 10.2. The Balaban J connectivity index is 4.54. The fraction of sp³-hybridized carbons (Fsp3) is 1.00. The highest BCUT2D eigenvalue weighted by molar-refractivity contribution is 7.89. The zero-order valence-corrected chi connectivity index (χ0v) is 12.2. The molecule has 0 radical (unpaired) electrons. The molecule has 0 rings (SSSR count). The first-order chi connectivity index (χ1) is 7.79. The molecule has 1 N–H and O–H groups in total. The molecule has 0 saturated heterocycles. The number of hydrogen-bond donors (Lipinski definition) is 1. The van der Waals surface area contributed by atoms with Crippen LogP contribution in [0.15, 0.2) is 0 Å².